The van der Waals surface area contributed by atoms with Crippen LogP contribution < -0.4 is 14.5 Å². The molecule has 2 rings (SSSR count). The summed E-state index contributed by atoms with van der Waals surface area (Å²) in [5.74, 6) is -1.04. The van der Waals surface area contributed by atoms with Crippen LogP contribution in [0.25, 0.3) is 0 Å². The minimum atomic E-state index is -3.78. The van der Waals surface area contributed by atoms with Gasteiger partial charge in [0.25, 0.3) is 0 Å². The van der Waals surface area contributed by atoms with Gasteiger partial charge in [-0.1, -0.05) is 18.2 Å². The predicted molar refractivity (Wildman–Crippen MR) is 115 cm³/mol. The number of amides is 1. The number of benzene rings is 2. The lowest BCUT2D eigenvalue weighted by Gasteiger charge is -2.28. The van der Waals surface area contributed by atoms with Crippen molar-refractivity contribution in [2.45, 2.75) is 33.4 Å². The first-order valence-electron chi connectivity index (χ1n) is 9.54. The molecule has 0 unspecified atom stereocenters. The number of nitrogens with one attached hydrogen (secondary N) is 1. The van der Waals surface area contributed by atoms with Crippen LogP contribution in [0.2, 0.25) is 0 Å². The SMILES string of the molecule is CCN(CC)c1ccc(CNC(=O)[C@H](C)N(c2cccc(F)c2)S(C)(=O)=O)cc1. The second-order valence-electron chi connectivity index (χ2n) is 6.77. The van der Waals surface area contributed by atoms with Crippen molar-refractivity contribution >= 4 is 27.3 Å². The van der Waals surface area contributed by atoms with Crippen LogP contribution in [0.1, 0.15) is 26.3 Å². The van der Waals surface area contributed by atoms with Gasteiger partial charge in [-0.15, -0.1) is 0 Å². The molecule has 1 N–H and O–H groups in total. The van der Waals surface area contributed by atoms with Crippen LogP contribution in [0.3, 0.4) is 0 Å². The molecule has 0 aliphatic heterocycles. The lowest BCUT2D eigenvalue weighted by Crippen LogP contribution is -2.47. The van der Waals surface area contributed by atoms with E-state index in [2.05, 4.69) is 24.1 Å². The zero-order valence-electron chi connectivity index (χ0n) is 17.2. The van der Waals surface area contributed by atoms with E-state index in [0.29, 0.717) is 0 Å². The molecule has 0 saturated heterocycles. The third-order valence-corrected chi connectivity index (χ3v) is 5.92. The molecule has 158 valence electrons. The summed E-state index contributed by atoms with van der Waals surface area (Å²) in [6.07, 6.45) is 0.994. The second kappa shape index (κ2) is 9.73. The average molecular weight is 422 g/mol. The van der Waals surface area contributed by atoms with Gasteiger partial charge < -0.3 is 10.2 Å². The Bertz CT molecular complexity index is 928. The number of sulfonamides is 1. The number of hydrogen-bond donors (Lipinski definition) is 1. The van der Waals surface area contributed by atoms with Crippen LogP contribution in [0.4, 0.5) is 15.8 Å². The minimum Gasteiger partial charge on any atom is -0.372 e. The summed E-state index contributed by atoms with van der Waals surface area (Å²) < 4.78 is 39.0. The summed E-state index contributed by atoms with van der Waals surface area (Å²) >= 11 is 0. The lowest BCUT2D eigenvalue weighted by atomic mass is 10.2. The zero-order chi connectivity index (χ0) is 21.6. The Morgan fingerprint density at radius 2 is 1.69 bits per heavy atom. The van der Waals surface area contributed by atoms with E-state index in [1.54, 1.807) is 0 Å². The van der Waals surface area contributed by atoms with E-state index in [9.17, 15) is 17.6 Å². The van der Waals surface area contributed by atoms with Crippen molar-refractivity contribution in [3.63, 3.8) is 0 Å². The van der Waals surface area contributed by atoms with E-state index < -0.39 is 27.8 Å². The van der Waals surface area contributed by atoms with Crippen molar-refractivity contribution in [3.8, 4) is 0 Å². The van der Waals surface area contributed by atoms with Crippen LogP contribution in [-0.4, -0.2) is 39.7 Å². The molecular weight excluding hydrogens is 393 g/mol. The highest BCUT2D eigenvalue weighted by Crippen LogP contribution is 2.22. The molecule has 29 heavy (non-hydrogen) atoms. The molecule has 1 amide bonds. The molecule has 2 aromatic rings. The van der Waals surface area contributed by atoms with E-state index in [1.165, 1.54) is 25.1 Å². The highest BCUT2D eigenvalue weighted by Gasteiger charge is 2.29. The summed E-state index contributed by atoms with van der Waals surface area (Å²) in [5, 5.41) is 2.76. The summed E-state index contributed by atoms with van der Waals surface area (Å²) in [4.78, 5) is 14.8. The van der Waals surface area contributed by atoms with E-state index in [4.69, 9.17) is 0 Å². The van der Waals surface area contributed by atoms with Crippen molar-refractivity contribution in [3.05, 3.63) is 59.9 Å². The molecule has 0 aromatic heterocycles. The number of carbonyl (C=O) groups excluding carboxylic acids is 1. The fourth-order valence-electron chi connectivity index (χ4n) is 3.17. The second-order valence-corrected chi connectivity index (χ2v) is 8.63. The number of halogens is 1. The van der Waals surface area contributed by atoms with E-state index in [-0.39, 0.29) is 12.2 Å². The highest BCUT2D eigenvalue weighted by atomic mass is 32.2. The molecule has 0 bridgehead atoms. The van der Waals surface area contributed by atoms with E-state index >= 15 is 0 Å². The smallest absolute Gasteiger partial charge is 0.243 e. The topological polar surface area (TPSA) is 69.7 Å². The summed E-state index contributed by atoms with van der Waals surface area (Å²) in [6, 6.07) is 12.0. The van der Waals surface area contributed by atoms with Crippen LogP contribution in [0.5, 0.6) is 0 Å². The Morgan fingerprint density at radius 3 is 2.21 bits per heavy atom. The number of anilines is 2. The quantitative estimate of drug-likeness (QED) is 0.675. The first kappa shape index (κ1) is 22.7. The maximum absolute atomic E-state index is 13.6. The van der Waals surface area contributed by atoms with Crippen molar-refractivity contribution in [1.82, 2.24) is 5.32 Å². The van der Waals surface area contributed by atoms with E-state index in [1.807, 2.05) is 24.3 Å². The monoisotopic (exact) mass is 421 g/mol. The molecule has 0 aliphatic rings. The third-order valence-electron chi connectivity index (χ3n) is 4.68. The standard InChI is InChI=1S/C21H28FN3O3S/c1-5-24(6-2)19-12-10-17(11-13-19)15-23-21(26)16(3)25(29(4,27)28)20-9-7-8-18(22)14-20/h7-14,16H,5-6,15H2,1-4H3,(H,23,26)/t16-/m0/s1. The van der Waals surface area contributed by atoms with Gasteiger partial charge in [0.1, 0.15) is 11.9 Å². The van der Waals surface area contributed by atoms with Gasteiger partial charge in [0.2, 0.25) is 15.9 Å². The highest BCUT2D eigenvalue weighted by molar-refractivity contribution is 7.92. The molecule has 0 fully saturated rings. The summed E-state index contributed by atoms with van der Waals surface area (Å²) in [7, 11) is -3.78. The van der Waals surface area contributed by atoms with Crippen molar-refractivity contribution in [2.75, 3.05) is 28.6 Å². The summed E-state index contributed by atoms with van der Waals surface area (Å²) in [5.41, 5.74) is 2.12. The molecule has 0 radical (unpaired) electrons. The van der Waals surface area contributed by atoms with Gasteiger partial charge in [-0.3, -0.25) is 9.10 Å². The van der Waals surface area contributed by atoms with Crippen molar-refractivity contribution in [1.29, 1.82) is 0 Å². The molecule has 0 saturated carbocycles. The first-order chi connectivity index (χ1) is 13.7. The Labute approximate surface area is 172 Å². The molecule has 2 aromatic carbocycles. The molecule has 0 aliphatic carbocycles. The minimum absolute atomic E-state index is 0.110. The average Bonchev–Trinajstić information content (AvgIpc) is 2.67. The Morgan fingerprint density at radius 1 is 1.07 bits per heavy atom. The van der Waals surface area contributed by atoms with E-state index in [0.717, 1.165) is 41.0 Å². The van der Waals surface area contributed by atoms with Gasteiger partial charge >= 0.3 is 0 Å². The number of carbonyl (C=O) groups is 1. The normalized spacial score (nSPS) is 12.3. The lowest BCUT2D eigenvalue weighted by molar-refractivity contribution is -0.122. The van der Waals surface area contributed by atoms with Crippen LogP contribution >= 0.6 is 0 Å². The van der Waals surface area contributed by atoms with Crippen molar-refractivity contribution < 1.29 is 17.6 Å². The Kier molecular flexibility index (Phi) is 7.61. The molecular formula is C21H28FN3O3S. The third kappa shape index (κ3) is 5.93. The van der Waals surface area contributed by atoms with Gasteiger partial charge in [-0.05, 0) is 56.7 Å². The van der Waals surface area contributed by atoms with Crippen molar-refractivity contribution in [2.24, 2.45) is 0 Å². The van der Waals surface area contributed by atoms with Gasteiger partial charge in [0, 0.05) is 25.3 Å². The van der Waals surface area contributed by atoms with Gasteiger partial charge in [-0.25, -0.2) is 12.8 Å². The van der Waals surface area contributed by atoms with Gasteiger partial charge in [-0.2, -0.15) is 0 Å². The predicted octanol–water partition coefficient (Wildman–Crippen LogP) is 3.14. The maximum Gasteiger partial charge on any atom is 0.243 e. The molecule has 8 heteroatoms. The molecule has 6 nitrogen and oxygen atoms in total. The fourth-order valence-corrected chi connectivity index (χ4v) is 4.34. The molecule has 0 spiro atoms. The largest absolute Gasteiger partial charge is 0.372 e. The van der Waals surface area contributed by atoms with Crippen LogP contribution in [-0.2, 0) is 21.4 Å². The van der Waals surface area contributed by atoms with Crippen LogP contribution in [0, 0.1) is 5.82 Å². The molecule has 1 atom stereocenters. The maximum atomic E-state index is 13.6. The number of hydrogen-bond acceptors (Lipinski definition) is 4. The number of nitrogens with zero attached hydrogens (tertiary/aromatic N) is 2. The van der Waals surface area contributed by atoms with Crippen LogP contribution in [0.15, 0.2) is 48.5 Å². The fraction of sp³-hybridized carbons (Fsp3) is 0.381. The van der Waals surface area contributed by atoms with Gasteiger partial charge in [0.15, 0.2) is 0 Å². The zero-order valence-corrected chi connectivity index (χ0v) is 18.0. The first-order valence-corrected chi connectivity index (χ1v) is 11.4. The van der Waals surface area contributed by atoms with Gasteiger partial charge in [0.05, 0.1) is 11.9 Å². The Balaban J connectivity index is 2.10. The number of rotatable bonds is 9. The summed E-state index contributed by atoms with van der Waals surface area (Å²) in [6.45, 7) is 7.74. The Hall–Kier alpha value is -2.61. The molecule has 0 heterocycles.